The molecule has 0 fully saturated rings. The van der Waals surface area contributed by atoms with E-state index in [0.717, 1.165) is 12.3 Å². The van der Waals surface area contributed by atoms with Crippen molar-refractivity contribution in [3.05, 3.63) is 83.8 Å². The number of unbranched alkanes of at least 4 members (excludes halogenated alkanes) is 2. The van der Waals surface area contributed by atoms with Crippen molar-refractivity contribution in [2.24, 2.45) is 0 Å². The lowest BCUT2D eigenvalue weighted by Gasteiger charge is -2.23. The van der Waals surface area contributed by atoms with Gasteiger partial charge in [-0.05, 0) is 49.6 Å². The van der Waals surface area contributed by atoms with Crippen LogP contribution < -0.4 is 4.74 Å². The SMILES string of the molecule is [2H]C(c1ccccc1OCCCCCC(=O)O)N(Cc1ccco1)C(=O)c1ccc(F)nc1. The minimum Gasteiger partial charge on any atom is -0.493 e. The number of carbonyl (C=O) groups is 2. The summed E-state index contributed by atoms with van der Waals surface area (Å²) in [5, 5.41) is 8.72. The topological polar surface area (TPSA) is 92.9 Å². The summed E-state index contributed by atoms with van der Waals surface area (Å²) in [6.07, 6.45) is 4.68. The van der Waals surface area contributed by atoms with Crippen LogP contribution in [-0.4, -0.2) is 33.5 Å². The number of amides is 1. The molecular formula is C24H25FN2O5. The molecule has 0 spiro atoms. The van der Waals surface area contributed by atoms with E-state index in [-0.39, 0.29) is 18.5 Å². The molecule has 2 heterocycles. The number of nitrogens with zero attached hydrogens (tertiary/aromatic N) is 2. The molecule has 0 saturated heterocycles. The Morgan fingerprint density at radius 2 is 1.97 bits per heavy atom. The largest absolute Gasteiger partial charge is 0.493 e. The standard InChI is InChI=1S/C24H25FN2O5/c25-22-12-11-18(15-26-22)24(30)27(17-20-8-6-14-31-20)16-19-7-3-4-9-21(19)32-13-5-1-2-10-23(28)29/h3-4,6-9,11-12,14-15H,1-2,5,10,13,16-17H2,(H,28,29)/i16D. The Morgan fingerprint density at radius 3 is 2.69 bits per heavy atom. The van der Waals surface area contributed by atoms with Crippen LogP contribution in [0.3, 0.4) is 0 Å². The number of furan rings is 1. The quantitative estimate of drug-likeness (QED) is 0.324. The number of pyridine rings is 1. The van der Waals surface area contributed by atoms with E-state index < -0.39 is 24.3 Å². The zero-order valence-corrected chi connectivity index (χ0v) is 17.4. The molecule has 3 rings (SSSR count). The van der Waals surface area contributed by atoms with Crippen LogP contribution in [0.4, 0.5) is 4.39 Å². The van der Waals surface area contributed by atoms with Gasteiger partial charge in [0.1, 0.15) is 11.5 Å². The summed E-state index contributed by atoms with van der Waals surface area (Å²) in [6.45, 7) is -0.742. The first-order valence-electron chi connectivity index (χ1n) is 10.8. The number of aliphatic carboxylic acids is 1. The van der Waals surface area contributed by atoms with Gasteiger partial charge in [-0.2, -0.15) is 4.39 Å². The molecule has 0 aliphatic rings. The molecule has 7 nitrogen and oxygen atoms in total. The number of rotatable bonds is 12. The van der Waals surface area contributed by atoms with Crippen molar-refractivity contribution in [1.82, 2.24) is 9.88 Å². The Hall–Kier alpha value is -3.68. The van der Waals surface area contributed by atoms with Crippen molar-refractivity contribution >= 4 is 11.9 Å². The highest BCUT2D eigenvalue weighted by Crippen LogP contribution is 2.23. The molecule has 32 heavy (non-hydrogen) atoms. The lowest BCUT2D eigenvalue weighted by molar-refractivity contribution is -0.137. The van der Waals surface area contributed by atoms with Gasteiger partial charge in [-0.15, -0.1) is 0 Å². The van der Waals surface area contributed by atoms with E-state index in [1.165, 1.54) is 17.2 Å². The summed E-state index contributed by atoms with van der Waals surface area (Å²) in [5.41, 5.74) is 0.634. The van der Waals surface area contributed by atoms with E-state index >= 15 is 0 Å². The van der Waals surface area contributed by atoms with E-state index in [1.807, 2.05) is 0 Å². The Bertz CT molecular complexity index is 1040. The molecule has 1 unspecified atom stereocenters. The van der Waals surface area contributed by atoms with E-state index in [0.29, 0.717) is 42.9 Å². The first-order valence-corrected chi connectivity index (χ1v) is 10.3. The van der Waals surface area contributed by atoms with Gasteiger partial charge < -0.3 is 19.2 Å². The fourth-order valence-corrected chi connectivity index (χ4v) is 3.04. The molecule has 0 saturated carbocycles. The number of benzene rings is 1. The van der Waals surface area contributed by atoms with Crippen molar-refractivity contribution < 1.29 is 29.6 Å². The normalized spacial score (nSPS) is 12.1. The number of hydrogen-bond acceptors (Lipinski definition) is 5. The predicted octanol–water partition coefficient (Wildman–Crippen LogP) is 4.68. The molecule has 1 N–H and O–H groups in total. The lowest BCUT2D eigenvalue weighted by atomic mass is 10.1. The molecule has 0 aliphatic carbocycles. The zero-order chi connectivity index (χ0) is 23.6. The third-order valence-corrected chi connectivity index (χ3v) is 4.65. The summed E-state index contributed by atoms with van der Waals surface area (Å²) < 4.78 is 33.3. The summed E-state index contributed by atoms with van der Waals surface area (Å²) in [4.78, 5) is 28.7. The van der Waals surface area contributed by atoms with Crippen molar-refractivity contribution in [1.29, 1.82) is 0 Å². The van der Waals surface area contributed by atoms with Gasteiger partial charge in [0.15, 0.2) is 0 Å². The van der Waals surface area contributed by atoms with Crippen LogP contribution in [0.15, 0.2) is 65.4 Å². The number of halogens is 1. The minimum absolute atomic E-state index is 0.0287. The van der Waals surface area contributed by atoms with Crippen LogP contribution in [0.5, 0.6) is 5.75 Å². The second-order valence-electron chi connectivity index (χ2n) is 7.10. The van der Waals surface area contributed by atoms with Crippen molar-refractivity contribution in [3.63, 3.8) is 0 Å². The maximum Gasteiger partial charge on any atom is 0.303 e. The average molecular weight is 441 g/mol. The second kappa shape index (κ2) is 11.6. The Morgan fingerprint density at radius 1 is 1.12 bits per heavy atom. The van der Waals surface area contributed by atoms with E-state index in [1.54, 1.807) is 36.4 Å². The average Bonchev–Trinajstić information content (AvgIpc) is 3.33. The summed E-state index contributed by atoms with van der Waals surface area (Å²) >= 11 is 0. The fourth-order valence-electron chi connectivity index (χ4n) is 3.04. The molecule has 0 aliphatic heterocycles. The molecule has 1 amide bonds. The third kappa shape index (κ3) is 6.94. The van der Waals surface area contributed by atoms with Gasteiger partial charge in [-0.1, -0.05) is 18.2 Å². The summed E-state index contributed by atoms with van der Waals surface area (Å²) in [5.74, 6) is -1.07. The number of carboxylic acids is 1. The van der Waals surface area contributed by atoms with Crippen molar-refractivity contribution in [2.45, 2.75) is 38.7 Å². The van der Waals surface area contributed by atoms with E-state index in [9.17, 15) is 14.0 Å². The minimum atomic E-state index is -1.13. The predicted molar refractivity (Wildman–Crippen MR) is 115 cm³/mol. The molecule has 1 aromatic carbocycles. The van der Waals surface area contributed by atoms with E-state index in [4.69, 9.17) is 15.6 Å². The first-order chi connectivity index (χ1) is 16.0. The molecule has 2 aromatic heterocycles. The molecule has 0 radical (unpaired) electrons. The summed E-state index contributed by atoms with van der Waals surface area (Å²) in [6, 6.07) is 12.8. The third-order valence-electron chi connectivity index (χ3n) is 4.65. The molecule has 3 aromatic rings. The highest BCUT2D eigenvalue weighted by molar-refractivity contribution is 5.93. The van der Waals surface area contributed by atoms with Crippen LogP contribution in [0, 0.1) is 5.95 Å². The Kier molecular flexibility index (Phi) is 7.84. The van der Waals surface area contributed by atoms with Gasteiger partial charge in [-0.3, -0.25) is 9.59 Å². The molecular weight excluding hydrogens is 415 g/mol. The highest BCUT2D eigenvalue weighted by atomic mass is 19.1. The number of para-hydroxylation sites is 1. The van der Waals surface area contributed by atoms with Crippen molar-refractivity contribution in [2.75, 3.05) is 6.61 Å². The van der Waals surface area contributed by atoms with Gasteiger partial charge in [-0.25, -0.2) is 4.98 Å². The molecule has 1 atom stereocenters. The number of carboxylic acid groups (broad SMARTS) is 1. The lowest BCUT2D eigenvalue weighted by Crippen LogP contribution is -2.30. The number of carbonyl (C=O) groups excluding carboxylic acids is 1. The molecule has 0 bridgehead atoms. The molecule has 8 heteroatoms. The zero-order valence-electron chi connectivity index (χ0n) is 18.4. The number of aromatic nitrogens is 1. The van der Waals surface area contributed by atoms with Gasteiger partial charge in [0.2, 0.25) is 5.95 Å². The van der Waals surface area contributed by atoms with Gasteiger partial charge in [0.25, 0.3) is 5.91 Å². The maximum atomic E-state index is 13.2. The van der Waals surface area contributed by atoms with Crippen LogP contribution in [-0.2, 0) is 17.9 Å². The van der Waals surface area contributed by atoms with Crippen LogP contribution >= 0.6 is 0 Å². The van der Waals surface area contributed by atoms with E-state index in [2.05, 4.69) is 4.98 Å². The Labute approximate surface area is 186 Å². The summed E-state index contributed by atoms with van der Waals surface area (Å²) in [7, 11) is 0. The van der Waals surface area contributed by atoms with Crippen LogP contribution in [0.1, 0.15) is 48.7 Å². The molecule has 168 valence electrons. The van der Waals surface area contributed by atoms with Gasteiger partial charge >= 0.3 is 5.97 Å². The van der Waals surface area contributed by atoms with Crippen molar-refractivity contribution in [3.8, 4) is 5.75 Å². The second-order valence-corrected chi connectivity index (χ2v) is 7.10. The van der Waals surface area contributed by atoms with Gasteiger partial charge in [0.05, 0.1) is 32.9 Å². The van der Waals surface area contributed by atoms with Crippen LogP contribution in [0.25, 0.3) is 0 Å². The first kappa shape index (κ1) is 21.5. The number of hydrogen-bond donors (Lipinski definition) is 1. The highest BCUT2D eigenvalue weighted by Gasteiger charge is 2.20. The monoisotopic (exact) mass is 441 g/mol. The maximum absolute atomic E-state index is 13.2. The van der Waals surface area contributed by atoms with Crippen LogP contribution in [0.2, 0.25) is 0 Å². The fraction of sp³-hybridized carbons (Fsp3) is 0.292. The number of ether oxygens (including phenoxy) is 1. The van der Waals surface area contributed by atoms with Gasteiger partial charge in [0, 0.05) is 18.2 Å². The smallest absolute Gasteiger partial charge is 0.303 e. The Balaban J connectivity index is 1.76.